The molecule has 6 heteroatoms. The van der Waals surface area contributed by atoms with Crippen LogP contribution in [0.2, 0.25) is 0 Å². The Hall–Kier alpha value is -2.42. The number of nitro benzene ring substituents is 1. The summed E-state index contributed by atoms with van der Waals surface area (Å²) in [5.41, 5.74) is 0.240. The van der Waals surface area contributed by atoms with E-state index in [9.17, 15) is 14.9 Å². The summed E-state index contributed by atoms with van der Waals surface area (Å²) in [5, 5.41) is 19.7. The van der Waals surface area contributed by atoms with Crippen molar-refractivity contribution in [3.05, 3.63) is 38.9 Å². The third-order valence-corrected chi connectivity index (χ3v) is 2.32. The van der Waals surface area contributed by atoms with Crippen molar-refractivity contribution in [1.82, 2.24) is 0 Å². The van der Waals surface area contributed by atoms with Crippen LogP contribution in [0.25, 0.3) is 0 Å². The molecule has 0 N–H and O–H groups in total. The average molecular weight is 234 g/mol. The summed E-state index contributed by atoms with van der Waals surface area (Å²) in [6.45, 7) is 1.74. The molecule has 0 saturated carbocycles. The van der Waals surface area contributed by atoms with Crippen LogP contribution in [0.3, 0.4) is 0 Å². The molecule has 1 aromatic carbocycles. The number of hydrogen-bond donors (Lipinski definition) is 0. The van der Waals surface area contributed by atoms with E-state index in [4.69, 9.17) is 5.26 Å². The zero-order chi connectivity index (χ0) is 13.0. The van der Waals surface area contributed by atoms with Crippen LogP contribution in [0.1, 0.15) is 28.4 Å². The third-order valence-electron chi connectivity index (χ3n) is 2.32. The van der Waals surface area contributed by atoms with E-state index in [1.807, 2.05) is 6.07 Å². The van der Waals surface area contributed by atoms with E-state index in [-0.39, 0.29) is 16.8 Å². The Bertz CT molecular complexity index is 517. The van der Waals surface area contributed by atoms with Gasteiger partial charge in [0.1, 0.15) is 6.07 Å². The Labute approximate surface area is 97.6 Å². The minimum atomic E-state index is -0.757. The van der Waals surface area contributed by atoms with Crippen LogP contribution < -0.4 is 0 Å². The van der Waals surface area contributed by atoms with Gasteiger partial charge < -0.3 is 4.74 Å². The van der Waals surface area contributed by atoms with Gasteiger partial charge in [0.25, 0.3) is 5.69 Å². The zero-order valence-corrected chi connectivity index (χ0v) is 9.39. The van der Waals surface area contributed by atoms with Gasteiger partial charge in [-0.1, -0.05) is 6.92 Å². The number of carbonyl (C=O) groups is 1. The van der Waals surface area contributed by atoms with Crippen molar-refractivity contribution in [1.29, 1.82) is 5.26 Å². The molecule has 17 heavy (non-hydrogen) atoms. The number of esters is 1. The van der Waals surface area contributed by atoms with E-state index < -0.39 is 10.9 Å². The average Bonchev–Trinajstić information content (AvgIpc) is 2.35. The molecule has 0 bridgehead atoms. The van der Waals surface area contributed by atoms with Crippen LogP contribution in [0.15, 0.2) is 12.1 Å². The molecule has 0 aromatic heterocycles. The molecule has 0 unspecified atom stereocenters. The minimum absolute atomic E-state index is 0.0827. The van der Waals surface area contributed by atoms with Gasteiger partial charge in [-0.3, -0.25) is 10.1 Å². The highest BCUT2D eigenvalue weighted by atomic mass is 16.6. The van der Waals surface area contributed by atoms with Gasteiger partial charge in [-0.25, -0.2) is 4.79 Å². The Morgan fingerprint density at radius 1 is 1.59 bits per heavy atom. The molecule has 88 valence electrons. The molecule has 0 atom stereocenters. The zero-order valence-electron chi connectivity index (χ0n) is 9.39. The van der Waals surface area contributed by atoms with Gasteiger partial charge in [-0.2, -0.15) is 5.26 Å². The summed E-state index contributed by atoms with van der Waals surface area (Å²) < 4.78 is 4.47. The van der Waals surface area contributed by atoms with Crippen molar-refractivity contribution in [2.24, 2.45) is 0 Å². The molecule has 0 aliphatic rings. The number of hydrogen-bond acceptors (Lipinski definition) is 5. The number of nitriles is 1. The molecule has 0 saturated heterocycles. The number of nitro groups is 1. The predicted octanol–water partition coefficient (Wildman–Crippen LogP) is 1.82. The maximum Gasteiger partial charge on any atom is 0.339 e. The summed E-state index contributed by atoms with van der Waals surface area (Å²) >= 11 is 0. The van der Waals surface area contributed by atoms with Gasteiger partial charge in [0.05, 0.1) is 23.2 Å². The molecule has 0 amide bonds. The second-order valence-corrected chi connectivity index (χ2v) is 3.24. The van der Waals surface area contributed by atoms with E-state index in [0.29, 0.717) is 12.0 Å². The van der Waals surface area contributed by atoms with Crippen LogP contribution in [-0.4, -0.2) is 18.0 Å². The molecule has 0 heterocycles. The van der Waals surface area contributed by atoms with Gasteiger partial charge in [0.15, 0.2) is 0 Å². The van der Waals surface area contributed by atoms with E-state index in [2.05, 4.69) is 4.74 Å². The van der Waals surface area contributed by atoms with Crippen LogP contribution in [0.5, 0.6) is 0 Å². The molecule has 0 aliphatic carbocycles. The number of rotatable bonds is 3. The molecule has 6 nitrogen and oxygen atoms in total. The lowest BCUT2D eigenvalue weighted by Crippen LogP contribution is -2.07. The largest absolute Gasteiger partial charge is 0.465 e. The maximum absolute atomic E-state index is 11.4. The van der Waals surface area contributed by atoms with Gasteiger partial charge in [0, 0.05) is 11.6 Å². The van der Waals surface area contributed by atoms with Gasteiger partial charge in [-0.15, -0.1) is 0 Å². The van der Waals surface area contributed by atoms with Crippen molar-refractivity contribution in [3.8, 4) is 6.07 Å². The summed E-state index contributed by atoms with van der Waals surface area (Å²) in [6, 6.07) is 4.27. The van der Waals surface area contributed by atoms with Crippen LogP contribution >= 0.6 is 0 Å². The first kappa shape index (κ1) is 12.6. The first-order valence-corrected chi connectivity index (χ1v) is 4.84. The van der Waals surface area contributed by atoms with E-state index in [0.717, 1.165) is 13.2 Å². The van der Waals surface area contributed by atoms with Gasteiger partial charge in [-0.05, 0) is 12.5 Å². The van der Waals surface area contributed by atoms with E-state index >= 15 is 0 Å². The second-order valence-electron chi connectivity index (χ2n) is 3.24. The SMILES string of the molecule is CCc1cc(C#N)c(C(=O)OC)cc1[N+](=O)[O-]. The predicted molar refractivity (Wildman–Crippen MR) is 58.5 cm³/mol. The van der Waals surface area contributed by atoms with Crippen molar-refractivity contribution < 1.29 is 14.5 Å². The quantitative estimate of drug-likeness (QED) is 0.451. The summed E-state index contributed by atoms with van der Waals surface area (Å²) in [7, 11) is 1.16. The third kappa shape index (κ3) is 2.39. The number of benzene rings is 1. The first-order chi connectivity index (χ1) is 8.04. The lowest BCUT2D eigenvalue weighted by atomic mass is 10.0. The molecule has 0 fully saturated rings. The highest BCUT2D eigenvalue weighted by Gasteiger charge is 2.21. The second kappa shape index (κ2) is 5.07. The van der Waals surface area contributed by atoms with Crippen LogP contribution in [0.4, 0.5) is 5.69 Å². The molecule has 0 aliphatic heterocycles. The van der Waals surface area contributed by atoms with E-state index in [1.165, 1.54) is 6.07 Å². The first-order valence-electron chi connectivity index (χ1n) is 4.84. The lowest BCUT2D eigenvalue weighted by molar-refractivity contribution is -0.385. The van der Waals surface area contributed by atoms with Gasteiger partial charge in [0.2, 0.25) is 0 Å². The van der Waals surface area contributed by atoms with Crippen molar-refractivity contribution in [3.63, 3.8) is 0 Å². The highest BCUT2D eigenvalue weighted by Crippen LogP contribution is 2.24. The van der Waals surface area contributed by atoms with Crippen molar-refractivity contribution >= 4 is 11.7 Å². The van der Waals surface area contributed by atoms with Crippen molar-refractivity contribution in [2.75, 3.05) is 7.11 Å². The normalized spacial score (nSPS) is 9.47. The summed E-state index contributed by atoms with van der Waals surface area (Å²) in [5.74, 6) is -0.757. The minimum Gasteiger partial charge on any atom is -0.465 e. The maximum atomic E-state index is 11.4. The molecule has 1 rings (SSSR count). The van der Waals surface area contributed by atoms with E-state index in [1.54, 1.807) is 6.92 Å². The van der Waals surface area contributed by atoms with Crippen molar-refractivity contribution in [2.45, 2.75) is 13.3 Å². The number of carbonyl (C=O) groups excluding carboxylic acids is 1. The molecule has 1 aromatic rings. The summed E-state index contributed by atoms with van der Waals surface area (Å²) in [6.07, 6.45) is 0.409. The molecule has 0 spiro atoms. The Balaban J connectivity index is 3.51. The standard InChI is InChI=1S/C11H10N2O4/c1-3-7-4-8(6-12)9(11(14)17-2)5-10(7)13(15)16/h4-5H,3H2,1-2H3. The molecule has 0 radical (unpaired) electrons. The number of methoxy groups -OCH3 is 1. The molecular weight excluding hydrogens is 224 g/mol. The lowest BCUT2D eigenvalue weighted by Gasteiger charge is -2.05. The summed E-state index contributed by atoms with van der Waals surface area (Å²) in [4.78, 5) is 21.6. The number of aryl methyl sites for hydroxylation is 1. The Morgan fingerprint density at radius 3 is 2.65 bits per heavy atom. The van der Waals surface area contributed by atoms with Crippen LogP contribution in [0, 0.1) is 21.4 Å². The Morgan fingerprint density at radius 2 is 2.24 bits per heavy atom. The monoisotopic (exact) mass is 234 g/mol. The fourth-order valence-corrected chi connectivity index (χ4v) is 1.46. The number of nitrogens with zero attached hydrogens (tertiary/aromatic N) is 2. The Kier molecular flexibility index (Phi) is 3.78. The van der Waals surface area contributed by atoms with Gasteiger partial charge >= 0.3 is 5.97 Å². The number of ether oxygens (including phenoxy) is 1. The smallest absolute Gasteiger partial charge is 0.339 e. The fraction of sp³-hybridized carbons (Fsp3) is 0.273. The highest BCUT2D eigenvalue weighted by molar-refractivity contribution is 5.93. The topological polar surface area (TPSA) is 93.2 Å². The molecular formula is C11H10N2O4. The fourth-order valence-electron chi connectivity index (χ4n) is 1.46. The van der Waals surface area contributed by atoms with Crippen LogP contribution in [-0.2, 0) is 11.2 Å².